The summed E-state index contributed by atoms with van der Waals surface area (Å²) in [6.07, 6.45) is -1.14. The summed E-state index contributed by atoms with van der Waals surface area (Å²) in [6, 6.07) is 12.0. The number of halogens is 7. The fraction of sp³-hybridized carbons (Fsp3) is 0.226. The molecule has 7 nitrogen and oxygen atoms in total. The van der Waals surface area contributed by atoms with Gasteiger partial charge >= 0.3 is 12.1 Å². The molecule has 2 aliphatic rings. The fourth-order valence-corrected chi connectivity index (χ4v) is 7.36. The van der Waals surface area contributed by atoms with Crippen molar-refractivity contribution in [3.05, 3.63) is 112 Å². The summed E-state index contributed by atoms with van der Waals surface area (Å²) < 4.78 is 129. The number of alkyl halides is 3. The van der Waals surface area contributed by atoms with Crippen molar-refractivity contribution in [1.29, 1.82) is 0 Å². The number of allylic oxidation sites excluding steroid dienone is 3. The third-order valence-electron chi connectivity index (χ3n) is 7.84. The van der Waals surface area contributed by atoms with Crippen molar-refractivity contribution >= 4 is 38.8 Å². The van der Waals surface area contributed by atoms with Crippen molar-refractivity contribution in [2.75, 3.05) is 23.3 Å². The lowest BCUT2D eigenvalue weighted by Gasteiger charge is -2.34. The number of nitrogens with zero attached hydrogens (tertiary/aromatic N) is 1. The molecule has 0 bridgehead atoms. The molecule has 0 spiro atoms. The number of anilines is 2. The van der Waals surface area contributed by atoms with Gasteiger partial charge in [-0.1, -0.05) is 54.6 Å². The van der Waals surface area contributed by atoms with E-state index >= 15 is 0 Å². The van der Waals surface area contributed by atoms with Crippen molar-refractivity contribution in [1.82, 2.24) is 0 Å². The molecule has 0 aromatic heterocycles. The van der Waals surface area contributed by atoms with E-state index in [0.717, 1.165) is 4.31 Å². The van der Waals surface area contributed by atoms with Gasteiger partial charge in [-0.25, -0.2) is 30.8 Å². The average Bonchev–Trinajstić information content (AvgIpc) is 3.42. The minimum atomic E-state index is -5.78. The fourth-order valence-electron chi connectivity index (χ4n) is 5.50. The lowest BCUT2D eigenvalue weighted by atomic mass is 9.90. The number of benzene rings is 3. The molecule has 2 unspecified atom stereocenters. The number of hydrogen-bond acceptors (Lipinski definition) is 5. The van der Waals surface area contributed by atoms with Gasteiger partial charge in [0.25, 0.3) is 0 Å². The number of rotatable bonds is 6. The number of methoxy groups -OCH3 is 1. The molecule has 1 N–H and O–H groups in total. The summed E-state index contributed by atoms with van der Waals surface area (Å²) in [6.45, 7) is 0.796. The molecule has 46 heavy (non-hydrogen) atoms. The van der Waals surface area contributed by atoms with E-state index in [2.05, 4.69) is 0 Å². The van der Waals surface area contributed by atoms with E-state index in [9.17, 15) is 48.7 Å². The van der Waals surface area contributed by atoms with E-state index in [-0.39, 0.29) is 23.2 Å². The third-order valence-corrected chi connectivity index (χ3v) is 10.2. The van der Waals surface area contributed by atoms with E-state index in [1.165, 1.54) is 50.4 Å². The molecule has 0 fully saturated rings. The molecule has 242 valence electrons. The van der Waals surface area contributed by atoms with Crippen LogP contribution in [0.2, 0.25) is 0 Å². The molecule has 1 amide bonds. The Kier molecular flexibility index (Phi) is 8.26. The Morgan fingerprint density at radius 2 is 1.57 bits per heavy atom. The van der Waals surface area contributed by atoms with E-state index in [1.807, 2.05) is 0 Å². The van der Waals surface area contributed by atoms with Crippen LogP contribution < -0.4 is 9.62 Å². The number of sulfonamides is 1. The molecule has 0 saturated heterocycles. The second-order valence-corrected chi connectivity index (χ2v) is 13.0. The van der Waals surface area contributed by atoms with Crippen molar-refractivity contribution < 1.29 is 53.5 Å². The molecule has 5 rings (SSSR count). The number of carbonyl (C=O) groups excluding carboxylic acids is 2. The summed E-state index contributed by atoms with van der Waals surface area (Å²) in [5.41, 5.74) is -3.56. The average molecular weight is 669 g/mol. The van der Waals surface area contributed by atoms with Crippen LogP contribution in [0.15, 0.2) is 66.8 Å². The van der Waals surface area contributed by atoms with Crippen LogP contribution in [0.3, 0.4) is 0 Å². The third kappa shape index (κ3) is 5.31. The summed E-state index contributed by atoms with van der Waals surface area (Å²) >= 11 is 0. The van der Waals surface area contributed by atoms with Crippen LogP contribution in [0.25, 0.3) is 5.57 Å². The maximum atomic E-state index is 14.6. The molecular formula is C31H23F7N2O5S. The number of ether oxygens (including phenoxy) is 1. The molecule has 0 saturated carbocycles. The van der Waals surface area contributed by atoms with Gasteiger partial charge in [0, 0.05) is 6.54 Å². The number of esters is 1. The largest absolute Gasteiger partial charge is 0.465 e. The van der Waals surface area contributed by atoms with E-state index in [4.69, 9.17) is 4.74 Å². The zero-order valence-electron chi connectivity index (χ0n) is 23.9. The van der Waals surface area contributed by atoms with Gasteiger partial charge in [0.05, 0.1) is 24.3 Å². The van der Waals surface area contributed by atoms with Crippen molar-refractivity contribution in [2.24, 2.45) is 0 Å². The van der Waals surface area contributed by atoms with Crippen LogP contribution in [0.5, 0.6) is 0 Å². The number of para-hydroxylation sites is 1. The van der Waals surface area contributed by atoms with Gasteiger partial charge in [-0.05, 0) is 42.2 Å². The Morgan fingerprint density at radius 3 is 2.20 bits per heavy atom. The summed E-state index contributed by atoms with van der Waals surface area (Å²) in [5, 5.41) is 1.61. The number of carbonyl (C=O) groups is 2. The first-order chi connectivity index (χ1) is 21.5. The highest BCUT2D eigenvalue weighted by atomic mass is 32.2. The van der Waals surface area contributed by atoms with Gasteiger partial charge in [-0.15, -0.1) is 0 Å². The number of hydrogen-bond donors (Lipinski definition) is 1. The summed E-state index contributed by atoms with van der Waals surface area (Å²) in [7, 11) is -3.23. The standard InChI is InChI=1S/C31H23F7N2O5S/c1-30(13-7-8-16(14-30)17-9-3-4-11-19(17)29(42)45-2)46(43,44)40-15-20(18-10-5-6-12-21(18)40)28(41)39-27-25(34)23(32)22(31(36,37)38)24(33)26(27)35/h3-12,14,20H,13,15H2,1-2H3,(H,39,41). The lowest BCUT2D eigenvalue weighted by molar-refractivity contribution is -0.143. The van der Waals surface area contributed by atoms with Crippen molar-refractivity contribution in [3.63, 3.8) is 0 Å². The van der Waals surface area contributed by atoms with Crippen LogP contribution in [0.4, 0.5) is 42.1 Å². The molecule has 1 heterocycles. The van der Waals surface area contributed by atoms with Crippen LogP contribution in [-0.4, -0.2) is 38.7 Å². The predicted molar refractivity (Wildman–Crippen MR) is 153 cm³/mol. The molecule has 15 heteroatoms. The summed E-state index contributed by atoms with van der Waals surface area (Å²) in [5.74, 6) is -14.0. The lowest BCUT2D eigenvalue weighted by Crippen LogP contribution is -2.46. The highest BCUT2D eigenvalue weighted by Crippen LogP contribution is 2.45. The van der Waals surface area contributed by atoms with Gasteiger partial charge in [0.15, 0.2) is 23.3 Å². The summed E-state index contributed by atoms with van der Waals surface area (Å²) in [4.78, 5) is 25.7. The Morgan fingerprint density at radius 1 is 0.957 bits per heavy atom. The Labute approximate surface area is 258 Å². The maximum absolute atomic E-state index is 14.6. The van der Waals surface area contributed by atoms with Crippen LogP contribution in [-0.2, 0) is 25.7 Å². The minimum absolute atomic E-state index is 0.0223. The SMILES string of the molecule is COC(=O)c1ccccc1C1=CC(C)(S(=O)(=O)N2CC(C(=O)Nc3c(F)c(F)c(C(F)(F)F)c(F)c3F)c3ccccc32)CC=C1. The molecule has 1 aliphatic heterocycles. The molecular weight excluding hydrogens is 645 g/mol. The van der Waals surface area contributed by atoms with Crippen LogP contribution in [0.1, 0.15) is 46.3 Å². The highest BCUT2D eigenvalue weighted by Gasteiger charge is 2.48. The van der Waals surface area contributed by atoms with E-state index in [0.29, 0.717) is 11.1 Å². The van der Waals surface area contributed by atoms with Gasteiger partial charge < -0.3 is 10.1 Å². The Bertz CT molecular complexity index is 1910. The normalized spacial score (nSPS) is 19.5. The number of nitrogens with one attached hydrogen (secondary N) is 1. The maximum Gasteiger partial charge on any atom is 0.422 e. The smallest absolute Gasteiger partial charge is 0.422 e. The van der Waals surface area contributed by atoms with Crippen molar-refractivity contribution in [2.45, 2.75) is 30.2 Å². The van der Waals surface area contributed by atoms with Crippen LogP contribution >= 0.6 is 0 Å². The zero-order valence-corrected chi connectivity index (χ0v) is 24.7. The monoisotopic (exact) mass is 668 g/mol. The van der Waals surface area contributed by atoms with E-state index < -0.39 is 79.8 Å². The van der Waals surface area contributed by atoms with Gasteiger partial charge in [0.2, 0.25) is 15.9 Å². The quantitative estimate of drug-likeness (QED) is 0.179. The second kappa shape index (κ2) is 11.6. The Balaban J connectivity index is 1.51. The number of amides is 1. The first kappa shape index (κ1) is 32.7. The number of fused-ring (bicyclic) bond motifs is 1. The van der Waals surface area contributed by atoms with Gasteiger partial charge in [-0.2, -0.15) is 13.2 Å². The molecule has 2 atom stereocenters. The zero-order chi connectivity index (χ0) is 33.8. The second-order valence-electron chi connectivity index (χ2n) is 10.7. The van der Waals surface area contributed by atoms with Crippen LogP contribution in [0, 0.1) is 23.3 Å². The Hall–Kier alpha value is -4.66. The molecule has 3 aromatic rings. The molecule has 0 radical (unpaired) electrons. The predicted octanol–water partition coefficient (Wildman–Crippen LogP) is 6.72. The van der Waals surface area contributed by atoms with Gasteiger partial charge in [0.1, 0.15) is 16.0 Å². The molecule has 1 aliphatic carbocycles. The van der Waals surface area contributed by atoms with E-state index in [1.54, 1.807) is 35.7 Å². The minimum Gasteiger partial charge on any atom is -0.465 e. The molecule has 3 aromatic carbocycles. The first-order valence-electron chi connectivity index (χ1n) is 13.5. The van der Waals surface area contributed by atoms with Crippen molar-refractivity contribution in [3.8, 4) is 0 Å². The first-order valence-corrected chi connectivity index (χ1v) is 14.9. The van der Waals surface area contributed by atoms with Gasteiger partial charge in [-0.3, -0.25) is 9.10 Å². The highest BCUT2D eigenvalue weighted by molar-refractivity contribution is 7.94. The topological polar surface area (TPSA) is 92.8 Å².